The molecule has 0 spiro atoms. The molecule has 5 aliphatic rings. The van der Waals surface area contributed by atoms with Crippen molar-refractivity contribution in [1.29, 1.82) is 0 Å². The summed E-state index contributed by atoms with van der Waals surface area (Å²) in [6, 6.07) is 37.6. The summed E-state index contributed by atoms with van der Waals surface area (Å²) in [4.78, 5) is 41.9. The van der Waals surface area contributed by atoms with Crippen LogP contribution in [0.25, 0.3) is 11.1 Å². The fraction of sp³-hybridized carbons (Fsp3) is 0.328. The van der Waals surface area contributed by atoms with Crippen LogP contribution in [0.4, 0.5) is 0 Å². The van der Waals surface area contributed by atoms with Crippen LogP contribution in [0.1, 0.15) is 30.4 Å². The van der Waals surface area contributed by atoms with Gasteiger partial charge in [0.1, 0.15) is 41.1 Å². The van der Waals surface area contributed by atoms with E-state index in [2.05, 4.69) is 19.2 Å². The van der Waals surface area contributed by atoms with Crippen LogP contribution in [-0.2, 0) is 53.9 Å². The summed E-state index contributed by atoms with van der Waals surface area (Å²) in [6.45, 7) is 10.6. The number of rotatable bonds is 19. The maximum Gasteiger partial charge on any atom is 0.264 e. The number of sulfonamides is 3. The van der Waals surface area contributed by atoms with Crippen LogP contribution >= 0.6 is 11.6 Å². The molecule has 6 aromatic carbocycles. The number of hydroxylamine groups is 6. The molecule has 5 heterocycles. The molecule has 0 aliphatic carbocycles. The quantitative estimate of drug-likeness (QED) is 0.0382. The summed E-state index contributed by atoms with van der Waals surface area (Å²) in [5.74, 6) is 0.156. The third-order valence-corrected chi connectivity index (χ3v) is 21.0. The van der Waals surface area contributed by atoms with E-state index in [-0.39, 0.29) is 60.1 Å². The maximum absolute atomic E-state index is 13.7. The molecule has 0 radical (unpaired) electrons. The van der Waals surface area contributed by atoms with Gasteiger partial charge in [-0.2, -0.15) is 13.7 Å². The molecular weight excluding hydrogens is 1300 g/mol. The molecule has 3 amide bonds. The molecule has 3 atom stereocenters. The lowest BCUT2D eigenvalue weighted by atomic mass is 10.0. The van der Waals surface area contributed by atoms with Crippen LogP contribution in [0.5, 0.6) is 23.0 Å². The molecular formula is C67H77ClN8O16S3. The Bertz CT molecular complexity index is 4010. The largest absolute Gasteiger partial charge is 0.457 e. The highest BCUT2D eigenvalue weighted by molar-refractivity contribution is 7.90. The van der Waals surface area contributed by atoms with E-state index in [0.717, 1.165) is 40.9 Å². The fourth-order valence-electron chi connectivity index (χ4n) is 10.5. The van der Waals surface area contributed by atoms with Gasteiger partial charge in [0.15, 0.2) is 0 Å². The summed E-state index contributed by atoms with van der Waals surface area (Å²) in [5, 5.41) is 32.1. The molecule has 5 N–H and O–H groups in total. The first-order chi connectivity index (χ1) is 45.5. The van der Waals surface area contributed by atoms with E-state index in [1.165, 1.54) is 40.7 Å². The molecule has 0 unspecified atom stereocenters. The van der Waals surface area contributed by atoms with Gasteiger partial charge in [0.2, 0.25) is 30.1 Å². The Kier molecular flexibility index (Phi) is 25.1. The van der Waals surface area contributed by atoms with Gasteiger partial charge in [-0.05, 0) is 147 Å². The number of ether oxygens (including phenoxy) is 4. The van der Waals surface area contributed by atoms with Crippen LogP contribution in [0.15, 0.2) is 196 Å². The summed E-state index contributed by atoms with van der Waals surface area (Å²) in [5.41, 5.74) is 5.01. The second-order valence-corrected chi connectivity index (χ2v) is 28.6. The Hall–Kier alpha value is -7.71. The number of hydrogen-bond donors (Lipinski definition) is 5. The van der Waals surface area contributed by atoms with Crippen molar-refractivity contribution >= 4 is 59.4 Å². The highest BCUT2D eigenvalue weighted by Crippen LogP contribution is 2.30. The third kappa shape index (κ3) is 20.2. The molecule has 2 fully saturated rings. The molecule has 506 valence electrons. The standard InChI is InChI=1S/C24H28ClN3O6S.C24H29N3O6S.C19H20N2O4S/c25-19-4-6-20(7-5-19)34-21-8-10-22(11-9-21)35(31,32)28(14-13-26-15-17-33-18-16-26)23-3-1-2-12-27(30)24(23)29;1-18-2-5-20(6-3-18)33-21-7-9-22(10-8-21)34(30,31)25-23-11-4-19(17-27(29)24(23)28)16-26-12-14-32-15-13-26;1-14-5-7-15(8-6-14)16-9-11-17(12-10-16)26(24,25)20-18-4-2-3-13-21(23)19(18)22/h1-2,4-11,23,30H,3,12-18H2;2-10,23,25,29H,11-17H2,1H3;2-3,5-12,18,20,23H,4,13H2,1H3/t2*23-;18-/m111/s1. The summed E-state index contributed by atoms with van der Waals surface area (Å²) in [6.07, 6.45) is 9.00. The van der Waals surface area contributed by atoms with Gasteiger partial charge >= 0.3 is 0 Å². The van der Waals surface area contributed by atoms with Gasteiger partial charge in [-0.15, -0.1) is 0 Å². The van der Waals surface area contributed by atoms with Crippen LogP contribution in [0, 0.1) is 13.8 Å². The number of nitrogens with one attached hydrogen (secondary N) is 2. The van der Waals surface area contributed by atoms with E-state index in [0.29, 0.717) is 95.8 Å². The predicted molar refractivity (Wildman–Crippen MR) is 353 cm³/mol. The van der Waals surface area contributed by atoms with Gasteiger partial charge < -0.3 is 18.9 Å². The molecule has 0 aromatic heterocycles. The topological polar surface area (TPSA) is 295 Å². The van der Waals surface area contributed by atoms with Crippen molar-refractivity contribution in [2.45, 2.75) is 65.9 Å². The molecule has 95 heavy (non-hydrogen) atoms. The van der Waals surface area contributed by atoms with Gasteiger partial charge in [-0.1, -0.05) is 102 Å². The zero-order valence-corrected chi connectivity index (χ0v) is 55.6. The van der Waals surface area contributed by atoms with Crippen molar-refractivity contribution in [1.82, 2.24) is 38.7 Å². The Balaban J connectivity index is 0.000000170. The summed E-state index contributed by atoms with van der Waals surface area (Å²) in [7, 11) is -11.9. The zero-order chi connectivity index (χ0) is 67.7. The number of hydrogen-bond acceptors (Lipinski definition) is 18. The molecule has 11 rings (SSSR count). The number of nitrogens with zero attached hydrogens (tertiary/aromatic N) is 6. The molecule has 5 aliphatic heterocycles. The van der Waals surface area contributed by atoms with Gasteiger partial charge in [0.05, 0.1) is 60.7 Å². The average Bonchev–Trinajstić information content (AvgIpc) is 1.60. The Morgan fingerprint density at radius 3 is 1.44 bits per heavy atom. The number of carbonyl (C=O) groups excluding carboxylic acids is 3. The van der Waals surface area contributed by atoms with Crippen LogP contribution in [-0.4, -0.2) is 198 Å². The van der Waals surface area contributed by atoms with Crippen molar-refractivity contribution in [3.8, 4) is 34.1 Å². The fourth-order valence-corrected chi connectivity index (χ4v) is 14.6. The van der Waals surface area contributed by atoms with Crippen LogP contribution < -0.4 is 18.9 Å². The highest BCUT2D eigenvalue weighted by atomic mass is 35.5. The SMILES string of the molecule is Cc1ccc(-c2ccc(S(=O)(=O)N[C@@H]3CC=CCN(O)C3=O)cc2)cc1.Cc1ccc(Oc2ccc(S(=O)(=O)N[C@@H]3CC=C(CN4CCOCC4)CN(O)C3=O)cc2)cc1.O=C1[C@H](N(CCN2CCOCC2)S(=O)(=O)c2ccc(Oc3ccc(Cl)cc3)cc2)CC=CCN1O. The molecule has 24 nitrogen and oxygen atoms in total. The van der Waals surface area contributed by atoms with Gasteiger partial charge in [0, 0.05) is 50.8 Å². The first kappa shape index (κ1) is 71.6. The van der Waals surface area contributed by atoms with Gasteiger partial charge in [-0.3, -0.25) is 39.8 Å². The third-order valence-electron chi connectivity index (χ3n) is 15.9. The average molecular weight is 1380 g/mol. The van der Waals surface area contributed by atoms with E-state index in [4.69, 9.17) is 30.5 Å². The first-order valence-electron chi connectivity index (χ1n) is 30.7. The van der Waals surface area contributed by atoms with E-state index >= 15 is 0 Å². The summed E-state index contributed by atoms with van der Waals surface area (Å²) < 4.78 is 107. The van der Waals surface area contributed by atoms with Gasteiger partial charge in [0.25, 0.3) is 17.7 Å². The van der Waals surface area contributed by atoms with Crippen molar-refractivity contribution in [2.75, 3.05) is 91.9 Å². The first-order valence-corrected chi connectivity index (χ1v) is 35.5. The van der Waals surface area contributed by atoms with E-state index in [9.17, 15) is 55.3 Å². The second kappa shape index (κ2) is 33.3. The van der Waals surface area contributed by atoms with Crippen LogP contribution in [0.3, 0.4) is 0 Å². The number of benzene rings is 6. The van der Waals surface area contributed by atoms with E-state index in [1.807, 2.05) is 68.5 Å². The van der Waals surface area contributed by atoms with Crippen molar-refractivity contribution < 1.29 is 74.2 Å². The molecule has 0 saturated carbocycles. The molecule has 2 saturated heterocycles. The monoisotopic (exact) mass is 1380 g/mol. The number of halogens is 1. The van der Waals surface area contributed by atoms with Crippen molar-refractivity contribution in [3.63, 3.8) is 0 Å². The number of morpholine rings is 2. The minimum absolute atomic E-state index is 0.00260. The smallest absolute Gasteiger partial charge is 0.264 e. The number of carbonyl (C=O) groups is 3. The summed E-state index contributed by atoms with van der Waals surface area (Å²) >= 11 is 5.90. The lowest BCUT2D eigenvalue weighted by molar-refractivity contribution is -0.166. The van der Waals surface area contributed by atoms with Crippen molar-refractivity contribution in [2.24, 2.45) is 0 Å². The number of aryl methyl sites for hydroxylation is 2. The van der Waals surface area contributed by atoms with E-state index < -0.39 is 65.9 Å². The zero-order valence-electron chi connectivity index (χ0n) is 52.4. The van der Waals surface area contributed by atoms with Crippen LogP contribution in [0.2, 0.25) is 5.02 Å². The highest BCUT2D eigenvalue weighted by Gasteiger charge is 2.39. The lowest BCUT2D eigenvalue weighted by Crippen LogP contribution is -2.52. The molecule has 28 heteroatoms. The maximum atomic E-state index is 13.7. The second-order valence-electron chi connectivity index (χ2n) is 22.9. The molecule has 6 aromatic rings. The normalized spacial score (nSPS) is 19.4. The minimum Gasteiger partial charge on any atom is -0.457 e. The predicted octanol–water partition coefficient (Wildman–Crippen LogP) is 7.80. The minimum atomic E-state index is -4.06. The van der Waals surface area contributed by atoms with E-state index in [1.54, 1.807) is 85.0 Å². The molecule has 0 bridgehead atoms. The van der Waals surface area contributed by atoms with Gasteiger partial charge in [-0.25, -0.2) is 40.4 Å². The Morgan fingerprint density at radius 1 is 0.505 bits per heavy atom. The lowest BCUT2D eigenvalue weighted by Gasteiger charge is -2.33. The van der Waals surface area contributed by atoms with Crippen molar-refractivity contribution in [3.05, 3.63) is 198 Å². The number of amides is 3. The Labute approximate surface area is 558 Å². The Morgan fingerprint density at radius 2 is 0.916 bits per heavy atom.